The highest BCUT2D eigenvalue weighted by atomic mass is 79.9. The first-order chi connectivity index (χ1) is 9.72. The number of amides is 1. The Morgan fingerprint density at radius 2 is 1.75 bits per heavy atom. The minimum atomic E-state index is -0.0353. The van der Waals surface area contributed by atoms with Crippen molar-refractivity contribution in [1.82, 2.24) is 5.32 Å². The zero-order valence-electron chi connectivity index (χ0n) is 11.5. The molecule has 20 heavy (non-hydrogen) atoms. The smallest absolute Gasteiger partial charge is 0.252 e. The summed E-state index contributed by atoms with van der Waals surface area (Å²) in [5, 5.41) is 3.02. The summed E-state index contributed by atoms with van der Waals surface area (Å²) in [4.78, 5) is 12.2. The molecule has 2 rings (SSSR count). The van der Waals surface area contributed by atoms with Crippen LogP contribution in [0, 0.1) is 0 Å². The molecule has 0 heterocycles. The van der Waals surface area contributed by atoms with Gasteiger partial charge in [-0.25, -0.2) is 0 Å². The van der Waals surface area contributed by atoms with Crippen LogP contribution in [0.2, 0.25) is 0 Å². The van der Waals surface area contributed by atoms with E-state index in [1.807, 2.05) is 42.5 Å². The van der Waals surface area contributed by atoms with E-state index in [4.69, 9.17) is 0 Å². The SMILES string of the molecule is CCC(CNC(=O)c1ccccc1Br)c1ccccc1. The summed E-state index contributed by atoms with van der Waals surface area (Å²) < 4.78 is 0.824. The Morgan fingerprint density at radius 1 is 1.10 bits per heavy atom. The lowest BCUT2D eigenvalue weighted by Crippen LogP contribution is -2.28. The number of nitrogens with one attached hydrogen (secondary N) is 1. The van der Waals surface area contributed by atoms with Crippen LogP contribution in [-0.2, 0) is 0 Å². The van der Waals surface area contributed by atoms with Crippen LogP contribution in [0.5, 0.6) is 0 Å². The molecule has 0 saturated heterocycles. The van der Waals surface area contributed by atoms with Crippen LogP contribution in [0.25, 0.3) is 0 Å². The fourth-order valence-corrected chi connectivity index (χ4v) is 2.64. The molecule has 1 N–H and O–H groups in total. The molecular formula is C17H18BrNO. The Morgan fingerprint density at radius 3 is 2.40 bits per heavy atom. The van der Waals surface area contributed by atoms with Crippen molar-refractivity contribution in [2.45, 2.75) is 19.3 Å². The molecule has 0 aliphatic heterocycles. The maximum Gasteiger partial charge on any atom is 0.252 e. The largest absolute Gasteiger partial charge is 0.351 e. The second kappa shape index (κ2) is 7.25. The van der Waals surface area contributed by atoms with Gasteiger partial charge in [0.2, 0.25) is 0 Å². The predicted octanol–water partition coefficient (Wildman–Crippen LogP) is 4.37. The standard InChI is InChI=1S/C17H18BrNO/c1-2-13(14-8-4-3-5-9-14)12-19-17(20)15-10-6-7-11-16(15)18/h3-11,13H,2,12H2,1H3,(H,19,20). The average Bonchev–Trinajstić information content (AvgIpc) is 2.49. The van der Waals surface area contributed by atoms with Crippen LogP contribution in [0.1, 0.15) is 35.2 Å². The van der Waals surface area contributed by atoms with Crippen LogP contribution in [0.15, 0.2) is 59.1 Å². The maximum atomic E-state index is 12.2. The van der Waals surface area contributed by atoms with Gasteiger partial charge in [-0.05, 0) is 40.0 Å². The van der Waals surface area contributed by atoms with E-state index < -0.39 is 0 Å². The third-order valence-electron chi connectivity index (χ3n) is 3.39. The molecule has 3 heteroatoms. The molecule has 0 bridgehead atoms. The molecule has 0 spiro atoms. The van der Waals surface area contributed by atoms with Gasteiger partial charge in [0, 0.05) is 16.9 Å². The summed E-state index contributed by atoms with van der Waals surface area (Å²) in [6, 6.07) is 17.8. The third kappa shape index (κ3) is 3.70. The molecular weight excluding hydrogens is 314 g/mol. The summed E-state index contributed by atoms with van der Waals surface area (Å²) in [6.07, 6.45) is 1.00. The van der Waals surface area contributed by atoms with E-state index in [1.165, 1.54) is 5.56 Å². The molecule has 2 aromatic rings. The molecule has 2 aromatic carbocycles. The lowest BCUT2D eigenvalue weighted by molar-refractivity contribution is 0.0950. The van der Waals surface area contributed by atoms with Crippen LogP contribution in [0.4, 0.5) is 0 Å². The number of hydrogen-bond acceptors (Lipinski definition) is 1. The van der Waals surface area contributed by atoms with Crippen molar-refractivity contribution >= 4 is 21.8 Å². The summed E-state index contributed by atoms with van der Waals surface area (Å²) >= 11 is 3.41. The van der Waals surface area contributed by atoms with Crippen LogP contribution >= 0.6 is 15.9 Å². The molecule has 0 aromatic heterocycles. The van der Waals surface area contributed by atoms with Gasteiger partial charge in [0.25, 0.3) is 5.91 Å². The van der Waals surface area contributed by atoms with Gasteiger partial charge in [0.15, 0.2) is 0 Å². The van der Waals surface area contributed by atoms with Gasteiger partial charge in [-0.1, -0.05) is 49.4 Å². The van der Waals surface area contributed by atoms with Crippen molar-refractivity contribution in [2.75, 3.05) is 6.54 Å². The first-order valence-corrected chi connectivity index (χ1v) is 7.59. The third-order valence-corrected chi connectivity index (χ3v) is 4.08. The van der Waals surface area contributed by atoms with Gasteiger partial charge >= 0.3 is 0 Å². The van der Waals surface area contributed by atoms with Gasteiger partial charge in [-0.15, -0.1) is 0 Å². The Labute approximate surface area is 128 Å². The maximum absolute atomic E-state index is 12.2. The van der Waals surface area contributed by atoms with Gasteiger partial charge in [-0.2, -0.15) is 0 Å². The van der Waals surface area contributed by atoms with E-state index in [-0.39, 0.29) is 5.91 Å². The van der Waals surface area contributed by atoms with Gasteiger partial charge in [-0.3, -0.25) is 4.79 Å². The fourth-order valence-electron chi connectivity index (χ4n) is 2.18. The second-order valence-corrected chi connectivity index (χ2v) is 5.56. The Hall–Kier alpha value is -1.61. The van der Waals surface area contributed by atoms with E-state index >= 15 is 0 Å². The molecule has 104 valence electrons. The van der Waals surface area contributed by atoms with E-state index in [1.54, 1.807) is 0 Å². The molecule has 0 fully saturated rings. The first-order valence-electron chi connectivity index (χ1n) is 6.80. The van der Waals surface area contributed by atoms with E-state index in [9.17, 15) is 4.79 Å². The zero-order chi connectivity index (χ0) is 14.4. The van der Waals surface area contributed by atoms with Crippen LogP contribution in [0.3, 0.4) is 0 Å². The molecule has 0 radical (unpaired) electrons. The van der Waals surface area contributed by atoms with E-state index in [0.717, 1.165) is 10.9 Å². The topological polar surface area (TPSA) is 29.1 Å². The summed E-state index contributed by atoms with van der Waals surface area (Å²) in [7, 11) is 0. The first kappa shape index (κ1) is 14.8. The molecule has 0 saturated carbocycles. The molecule has 1 unspecified atom stereocenters. The summed E-state index contributed by atoms with van der Waals surface area (Å²) in [6.45, 7) is 2.79. The number of carbonyl (C=O) groups is 1. The molecule has 1 atom stereocenters. The van der Waals surface area contributed by atoms with E-state index in [0.29, 0.717) is 18.0 Å². The number of rotatable bonds is 5. The lowest BCUT2D eigenvalue weighted by atomic mass is 9.96. The highest BCUT2D eigenvalue weighted by Crippen LogP contribution is 2.19. The molecule has 0 aliphatic carbocycles. The van der Waals surface area contributed by atoms with Crippen molar-refractivity contribution in [3.8, 4) is 0 Å². The van der Waals surface area contributed by atoms with Crippen molar-refractivity contribution in [3.63, 3.8) is 0 Å². The van der Waals surface area contributed by atoms with Crippen molar-refractivity contribution in [3.05, 3.63) is 70.2 Å². The zero-order valence-corrected chi connectivity index (χ0v) is 13.1. The normalized spacial score (nSPS) is 11.9. The van der Waals surface area contributed by atoms with Gasteiger partial charge in [0.1, 0.15) is 0 Å². The quantitative estimate of drug-likeness (QED) is 0.865. The minimum Gasteiger partial charge on any atom is -0.351 e. The predicted molar refractivity (Wildman–Crippen MR) is 85.9 cm³/mol. The molecule has 2 nitrogen and oxygen atoms in total. The number of hydrogen-bond donors (Lipinski definition) is 1. The number of benzene rings is 2. The summed E-state index contributed by atoms with van der Waals surface area (Å²) in [5.74, 6) is 0.314. The fraction of sp³-hybridized carbons (Fsp3) is 0.235. The van der Waals surface area contributed by atoms with Gasteiger partial charge < -0.3 is 5.32 Å². The Balaban J connectivity index is 2.01. The summed E-state index contributed by atoms with van der Waals surface area (Å²) in [5.41, 5.74) is 1.94. The number of halogens is 1. The van der Waals surface area contributed by atoms with Gasteiger partial charge in [0.05, 0.1) is 5.56 Å². The Kier molecular flexibility index (Phi) is 5.36. The monoisotopic (exact) mass is 331 g/mol. The highest BCUT2D eigenvalue weighted by molar-refractivity contribution is 9.10. The highest BCUT2D eigenvalue weighted by Gasteiger charge is 2.13. The lowest BCUT2D eigenvalue weighted by Gasteiger charge is -2.16. The molecule has 0 aliphatic rings. The van der Waals surface area contributed by atoms with E-state index in [2.05, 4.69) is 40.3 Å². The Bertz CT molecular complexity index is 568. The van der Waals surface area contributed by atoms with Crippen molar-refractivity contribution in [2.24, 2.45) is 0 Å². The van der Waals surface area contributed by atoms with Crippen molar-refractivity contribution in [1.29, 1.82) is 0 Å². The second-order valence-electron chi connectivity index (χ2n) is 4.71. The molecule has 1 amide bonds. The van der Waals surface area contributed by atoms with Crippen molar-refractivity contribution < 1.29 is 4.79 Å². The van der Waals surface area contributed by atoms with Crippen LogP contribution < -0.4 is 5.32 Å². The minimum absolute atomic E-state index is 0.0353. The number of carbonyl (C=O) groups excluding carboxylic acids is 1. The van der Waals surface area contributed by atoms with Crippen LogP contribution in [-0.4, -0.2) is 12.5 Å². The average molecular weight is 332 g/mol.